The minimum absolute atomic E-state index is 0.634. The van der Waals surface area contributed by atoms with Crippen LogP contribution in [0.2, 0.25) is 0 Å². The quantitative estimate of drug-likeness (QED) is 0.782. The van der Waals surface area contributed by atoms with Crippen LogP contribution in [0.1, 0.15) is 16.7 Å². The van der Waals surface area contributed by atoms with Crippen LogP contribution < -0.4 is 10.5 Å². The standard InChI is InChI=1S/C17H19N3O/c1-10-6-5-7-20-16(18)15(19-17(10)20)13-8-11(2)12(3)9-14(13)21-4/h5-9H,18H2,1-4H3. The minimum atomic E-state index is 0.634. The van der Waals surface area contributed by atoms with Crippen molar-refractivity contribution in [3.05, 3.63) is 47.2 Å². The molecule has 0 saturated carbocycles. The van der Waals surface area contributed by atoms with Gasteiger partial charge in [-0.2, -0.15) is 0 Å². The van der Waals surface area contributed by atoms with E-state index in [9.17, 15) is 0 Å². The monoisotopic (exact) mass is 281 g/mol. The molecule has 0 fully saturated rings. The Bertz CT molecular complexity index is 834. The molecule has 0 bridgehead atoms. The van der Waals surface area contributed by atoms with E-state index >= 15 is 0 Å². The number of anilines is 1. The van der Waals surface area contributed by atoms with Crippen LogP contribution in [0.3, 0.4) is 0 Å². The number of imidazole rings is 1. The van der Waals surface area contributed by atoms with Crippen molar-refractivity contribution < 1.29 is 4.74 Å². The van der Waals surface area contributed by atoms with Gasteiger partial charge in [-0.15, -0.1) is 0 Å². The normalized spacial score (nSPS) is 11.0. The molecule has 0 aliphatic heterocycles. The third kappa shape index (κ3) is 2.03. The van der Waals surface area contributed by atoms with E-state index in [-0.39, 0.29) is 0 Å². The van der Waals surface area contributed by atoms with Gasteiger partial charge in [-0.1, -0.05) is 6.07 Å². The summed E-state index contributed by atoms with van der Waals surface area (Å²) >= 11 is 0. The molecule has 0 aliphatic carbocycles. The number of ether oxygens (including phenoxy) is 1. The van der Waals surface area contributed by atoms with Crippen LogP contribution in [0.5, 0.6) is 5.75 Å². The van der Waals surface area contributed by atoms with Crippen LogP contribution in [-0.4, -0.2) is 16.5 Å². The Hall–Kier alpha value is -2.49. The average molecular weight is 281 g/mol. The smallest absolute Gasteiger partial charge is 0.142 e. The first-order chi connectivity index (χ1) is 10.0. The second-order valence-electron chi connectivity index (χ2n) is 5.37. The van der Waals surface area contributed by atoms with Gasteiger partial charge in [0.05, 0.1) is 7.11 Å². The second-order valence-corrected chi connectivity index (χ2v) is 5.37. The van der Waals surface area contributed by atoms with E-state index in [1.165, 1.54) is 11.1 Å². The summed E-state index contributed by atoms with van der Waals surface area (Å²) < 4.78 is 7.43. The van der Waals surface area contributed by atoms with Gasteiger partial charge >= 0.3 is 0 Å². The fraction of sp³-hybridized carbons (Fsp3) is 0.235. The van der Waals surface area contributed by atoms with E-state index in [2.05, 4.69) is 19.9 Å². The molecular weight excluding hydrogens is 262 g/mol. The summed E-state index contributed by atoms with van der Waals surface area (Å²) in [6, 6.07) is 8.12. The molecule has 2 aromatic heterocycles. The maximum absolute atomic E-state index is 6.30. The van der Waals surface area contributed by atoms with Crippen molar-refractivity contribution in [2.45, 2.75) is 20.8 Å². The van der Waals surface area contributed by atoms with E-state index in [1.54, 1.807) is 7.11 Å². The van der Waals surface area contributed by atoms with Crippen LogP contribution in [0.25, 0.3) is 16.9 Å². The Labute approximate surface area is 124 Å². The van der Waals surface area contributed by atoms with Gasteiger partial charge in [-0.25, -0.2) is 4.98 Å². The molecule has 0 spiro atoms. The second kappa shape index (κ2) is 4.81. The van der Waals surface area contributed by atoms with E-state index in [0.717, 1.165) is 28.2 Å². The largest absolute Gasteiger partial charge is 0.496 e. The number of methoxy groups -OCH3 is 1. The van der Waals surface area contributed by atoms with Gasteiger partial charge in [0.15, 0.2) is 0 Å². The molecule has 21 heavy (non-hydrogen) atoms. The van der Waals surface area contributed by atoms with Crippen molar-refractivity contribution in [2.75, 3.05) is 12.8 Å². The predicted molar refractivity (Wildman–Crippen MR) is 85.8 cm³/mol. The lowest BCUT2D eigenvalue weighted by Crippen LogP contribution is -1.96. The molecule has 1 aromatic carbocycles. The van der Waals surface area contributed by atoms with Crippen molar-refractivity contribution >= 4 is 11.5 Å². The van der Waals surface area contributed by atoms with Gasteiger partial charge < -0.3 is 10.5 Å². The minimum Gasteiger partial charge on any atom is -0.496 e. The third-order valence-electron chi connectivity index (χ3n) is 3.95. The third-order valence-corrected chi connectivity index (χ3v) is 3.95. The number of aryl methyl sites for hydroxylation is 3. The molecule has 0 radical (unpaired) electrons. The maximum atomic E-state index is 6.30. The number of nitrogens with zero attached hydrogens (tertiary/aromatic N) is 2. The summed E-state index contributed by atoms with van der Waals surface area (Å²) in [5.41, 5.74) is 12.4. The van der Waals surface area contributed by atoms with Crippen LogP contribution in [0, 0.1) is 20.8 Å². The van der Waals surface area contributed by atoms with Gasteiger partial charge in [0.25, 0.3) is 0 Å². The molecule has 4 nitrogen and oxygen atoms in total. The topological polar surface area (TPSA) is 52.5 Å². The zero-order chi connectivity index (χ0) is 15.1. The fourth-order valence-electron chi connectivity index (χ4n) is 2.56. The molecule has 3 aromatic rings. The van der Waals surface area contributed by atoms with E-state index in [4.69, 9.17) is 15.5 Å². The first-order valence-electron chi connectivity index (χ1n) is 6.91. The Balaban J connectivity index is 2.33. The van der Waals surface area contributed by atoms with Gasteiger partial charge in [-0.3, -0.25) is 4.40 Å². The summed E-state index contributed by atoms with van der Waals surface area (Å²) in [6.07, 6.45) is 1.93. The number of benzene rings is 1. The van der Waals surface area contributed by atoms with E-state index in [0.29, 0.717) is 5.82 Å². The van der Waals surface area contributed by atoms with Crippen molar-refractivity contribution in [3.63, 3.8) is 0 Å². The predicted octanol–water partition coefficient (Wildman–Crippen LogP) is 3.52. The van der Waals surface area contributed by atoms with E-state index in [1.807, 2.05) is 35.7 Å². The van der Waals surface area contributed by atoms with Crippen LogP contribution in [0.4, 0.5) is 5.82 Å². The molecule has 0 aliphatic rings. The van der Waals surface area contributed by atoms with Gasteiger partial charge in [-0.05, 0) is 55.7 Å². The number of fused-ring (bicyclic) bond motifs is 1. The number of aromatic nitrogens is 2. The summed E-state index contributed by atoms with van der Waals surface area (Å²) in [6.45, 7) is 6.18. The van der Waals surface area contributed by atoms with Gasteiger partial charge in [0.2, 0.25) is 0 Å². The number of nitrogen functional groups attached to an aromatic ring is 1. The highest BCUT2D eigenvalue weighted by Gasteiger charge is 2.17. The summed E-state index contributed by atoms with van der Waals surface area (Å²) in [5.74, 6) is 1.43. The zero-order valence-electron chi connectivity index (χ0n) is 12.8. The van der Waals surface area contributed by atoms with Gasteiger partial charge in [0, 0.05) is 11.8 Å². The Kier molecular flexibility index (Phi) is 3.09. The molecule has 4 heteroatoms. The number of nitrogens with two attached hydrogens (primary N) is 1. The molecule has 108 valence electrons. The first-order valence-corrected chi connectivity index (χ1v) is 6.91. The van der Waals surface area contributed by atoms with Crippen molar-refractivity contribution in [1.29, 1.82) is 0 Å². The number of pyridine rings is 1. The SMILES string of the molecule is COc1cc(C)c(C)cc1-c1nc2c(C)cccn2c1N. The molecule has 0 unspecified atom stereocenters. The van der Waals surface area contributed by atoms with Crippen molar-refractivity contribution in [1.82, 2.24) is 9.38 Å². The highest BCUT2D eigenvalue weighted by atomic mass is 16.5. The molecule has 2 N–H and O–H groups in total. The lowest BCUT2D eigenvalue weighted by atomic mass is 10.0. The highest BCUT2D eigenvalue weighted by Crippen LogP contribution is 2.36. The van der Waals surface area contributed by atoms with Gasteiger partial charge in [0.1, 0.15) is 22.9 Å². The van der Waals surface area contributed by atoms with Crippen molar-refractivity contribution in [2.24, 2.45) is 0 Å². The Morgan fingerprint density at radius 3 is 2.48 bits per heavy atom. The van der Waals surface area contributed by atoms with Crippen LogP contribution in [-0.2, 0) is 0 Å². The molecule has 3 rings (SSSR count). The lowest BCUT2D eigenvalue weighted by molar-refractivity contribution is 0.416. The zero-order valence-corrected chi connectivity index (χ0v) is 12.8. The summed E-state index contributed by atoms with van der Waals surface area (Å²) in [4.78, 5) is 4.72. The number of hydrogen-bond donors (Lipinski definition) is 1. The molecular formula is C17H19N3O. The molecule has 0 saturated heterocycles. The first kappa shape index (κ1) is 13.5. The van der Waals surface area contributed by atoms with Crippen LogP contribution in [0.15, 0.2) is 30.5 Å². The van der Waals surface area contributed by atoms with Crippen LogP contribution >= 0.6 is 0 Å². The van der Waals surface area contributed by atoms with E-state index < -0.39 is 0 Å². The average Bonchev–Trinajstić information content (AvgIpc) is 2.80. The molecule has 2 heterocycles. The maximum Gasteiger partial charge on any atom is 0.142 e. The number of hydrogen-bond acceptors (Lipinski definition) is 3. The summed E-state index contributed by atoms with van der Waals surface area (Å²) in [7, 11) is 1.67. The Morgan fingerprint density at radius 2 is 1.81 bits per heavy atom. The molecule has 0 atom stereocenters. The molecule has 0 amide bonds. The Morgan fingerprint density at radius 1 is 1.10 bits per heavy atom. The highest BCUT2D eigenvalue weighted by molar-refractivity contribution is 5.80. The summed E-state index contributed by atoms with van der Waals surface area (Å²) in [5, 5.41) is 0. The lowest BCUT2D eigenvalue weighted by Gasteiger charge is -2.10. The fourth-order valence-corrected chi connectivity index (χ4v) is 2.56. The van der Waals surface area contributed by atoms with Crippen molar-refractivity contribution in [3.8, 4) is 17.0 Å². The number of rotatable bonds is 2.